The van der Waals surface area contributed by atoms with Gasteiger partial charge in [-0.05, 0) is 55.7 Å². The van der Waals surface area contributed by atoms with Crippen molar-refractivity contribution >= 4 is 52.4 Å². The second-order valence-electron chi connectivity index (χ2n) is 6.43. The molecule has 0 bridgehead atoms. The van der Waals surface area contributed by atoms with Crippen LogP contribution in [0.4, 0.5) is 10.5 Å². The lowest BCUT2D eigenvalue weighted by Gasteiger charge is -2.17. The van der Waals surface area contributed by atoms with Crippen LogP contribution in [0.2, 0.25) is 15.1 Å². The average molecular weight is 427 g/mol. The highest BCUT2D eigenvalue weighted by Gasteiger charge is 2.25. The summed E-state index contributed by atoms with van der Waals surface area (Å²) in [6.07, 6.45) is 1.96. The third kappa shape index (κ3) is 5.28. The zero-order valence-electron chi connectivity index (χ0n) is 14.5. The normalized spacial score (nSPS) is 14.4. The zero-order valence-corrected chi connectivity index (χ0v) is 16.8. The van der Waals surface area contributed by atoms with Gasteiger partial charge in [-0.2, -0.15) is 0 Å². The van der Waals surface area contributed by atoms with Crippen LogP contribution in [0.5, 0.6) is 0 Å². The van der Waals surface area contributed by atoms with Crippen LogP contribution in [0.15, 0.2) is 36.4 Å². The van der Waals surface area contributed by atoms with Gasteiger partial charge in [0.05, 0.1) is 16.6 Å². The van der Waals surface area contributed by atoms with Crippen LogP contribution in [0.1, 0.15) is 41.7 Å². The maximum atomic E-state index is 12.3. The highest BCUT2D eigenvalue weighted by molar-refractivity contribution is 6.35. The maximum Gasteiger partial charge on any atom is 0.319 e. The first kappa shape index (κ1) is 19.8. The largest absolute Gasteiger partial charge is 0.349 e. The van der Waals surface area contributed by atoms with Gasteiger partial charge in [0.1, 0.15) is 0 Å². The van der Waals surface area contributed by atoms with Crippen molar-refractivity contribution < 1.29 is 9.59 Å². The lowest BCUT2D eigenvalue weighted by atomic mass is 10.1. The molecule has 0 spiro atoms. The molecule has 3 rings (SSSR count). The van der Waals surface area contributed by atoms with Gasteiger partial charge in [0.25, 0.3) is 5.91 Å². The molecule has 3 amide bonds. The number of carbonyl (C=O) groups is 2. The molecule has 0 heterocycles. The van der Waals surface area contributed by atoms with E-state index in [1.807, 2.05) is 6.92 Å². The minimum Gasteiger partial charge on any atom is -0.349 e. The van der Waals surface area contributed by atoms with Gasteiger partial charge >= 0.3 is 6.03 Å². The summed E-state index contributed by atoms with van der Waals surface area (Å²) in [7, 11) is 0. The summed E-state index contributed by atoms with van der Waals surface area (Å²) in [5.74, 6) is -0.243. The maximum absolute atomic E-state index is 12.3. The SMILES string of the molecule is CC(NC(=O)Nc1ccc(Cl)c(C(=O)NC2CC2)c1)c1ccc(Cl)cc1Cl. The lowest BCUT2D eigenvalue weighted by Crippen LogP contribution is -2.31. The summed E-state index contributed by atoms with van der Waals surface area (Å²) < 4.78 is 0. The Balaban J connectivity index is 1.65. The van der Waals surface area contributed by atoms with Gasteiger partial charge in [0.2, 0.25) is 0 Å². The molecule has 1 aliphatic rings. The van der Waals surface area contributed by atoms with Gasteiger partial charge < -0.3 is 16.0 Å². The van der Waals surface area contributed by atoms with Crippen molar-refractivity contribution in [2.24, 2.45) is 0 Å². The van der Waals surface area contributed by atoms with E-state index >= 15 is 0 Å². The van der Waals surface area contributed by atoms with Gasteiger partial charge in [-0.1, -0.05) is 40.9 Å². The minimum atomic E-state index is -0.426. The zero-order chi connectivity index (χ0) is 19.6. The van der Waals surface area contributed by atoms with Crippen molar-refractivity contribution in [2.45, 2.75) is 31.8 Å². The molecule has 1 fully saturated rings. The fourth-order valence-corrected chi connectivity index (χ4v) is 3.34. The van der Waals surface area contributed by atoms with Crippen molar-refractivity contribution in [2.75, 3.05) is 5.32 Å². The van der Waals surface area contributed by atoms with Crippen molar-refractivity contribution in [3.8, 4) is 0 Å². The molecule has 0 saturated heterocycles. The smallest absolute Gasteiger partial charge is 0.319 e. The lowest BCUT2D eigenvalue weighted by molar-refractivity contribution is 0.0951. The molecule has 5 nitrogen and oxygen atoms in total. The van der Waals surface area contributed by atoms with E-state index in [4.69, 9.17) is 34.8 Å². The number of anilines is 1. The van der Waals surface area contributed by atoms with Gasteiger partial charge in [-0.3, -0.25) is 4.79 Å². The molecular formula is C19H18Cl3N3O2. The highest BCUT2D eigenvalue weighted by atomic mass is 35.5. The predicted molar refractivity (Wildman–Crippen MR) is 109 cm³/mol. The average Bonchev–Trinajstić information content (AvgIpc) is 3.40. The molecular weight excluding hydrogens is 409 g/mol. The molecule has 1 aliphatic carbocycles. The van der Waals surface area contributed by atoms with Crippen molar-refractivity contribution in [1.29, 1.82) is 0 Å². The first-order valence-corrected chi connectivity index (χ1v) is 9.60. The van der Waals surface area contributed by atoms with E-state index in [9.17, 15) is 9.59 Å². The number of benzene rings is 2. The van der Waals surface area contributed by atoms with Crippen molar-refractivity contribution in [1.82, 2.24) is 10.6 Å². The molecule has 0 aromatic heterocycles. The van der Waals surface area contributed by atoms with E-state index in [0.717, 1.165) is 18.4 Å². The number of urea groups is 1. The van der Waals surface area contributed by atoms with Crippen LogP contribution in [0, 0.1) is 0 Å². The summed E-state index contributed by atoms with van der Waals surface area (Å²) in [5.41, 5.74) is 1.54. The number of hydrogen-bond donors (Lipinski definition) is 3. The standard InChI is InChI=1S/C19H18Cl3N3O2/c1-10(14-6-2-11(20)8-17(14)22)23-19(27)25-13-5-7-16(21)15(9-13)18(26)24-12-3-4-12/h2,5-10,12H,3-4H2,1H3,(H,24,26)(H2,23,25,27). The number of hydrogen-bond acceptors (Lipinski definition) is 2. The number of rotatable bonds is 5. The fourth-order valence-electron chi connectivity index (χ4n) is 2.56. The van der Waals surface area contributed by atoms with Gasteiger partial charge in [0, 0.05) is 21.8 Å². The third-order valence-electron chi connectivity index (χ3n) is 4.16. The Morgan fingerprint density at radius 3 is 2.44 bits per heavy atom. The van der Waals surface area contributed by atoms with Gasteiger partial charge in [-0.15, -0.1) is 0 Å². The number of nitrogens with one attached hydrogen (secondary N) is 3. The van der Waals surface area contributed by atoms with Gasteiger partial charge in [-0.25, -0.2) is 4.79 Å². The van der Waals surface area contributed by atoms with Crippen LogP contribution in [-0.2, 0) is 0 Å². The summed E-state index contributed by atoms with van der Waals surface area (Å²) in [6.45, 7) is 1.81. The van der Waals surface area contributed by atoms with Crippen LogP contribution in [0.3, 0.4) is 0 Å². The molecule has 1 unspecified atom stereocenters. The second-order valence-corrected chi connectivity index (χ2v) is 7.68. The number of carbonyl (C=O) groups excluding carboxylic acids is 2. The highest BCUT2D eigenvalue weighted by Crippen LogP contribution is 2.27. The molecule has 27 heavy (non-hydrogen) atoms. The Bertz CT molecular complexity index is 884. The molecule has 142 valence electrons. The molecule has 8 heteroatoms. The molecule has 2 aromatic carbocycles. The predicted octanol–water partition coefficient (Wildman–Crippen LogP) is 5.42. The molecule has 0 aliphatic heterocycles. The minimum absolute atomic E-state index is 0.221. The molecule has 1 saturated carbocycles. The first-order chi connectivity index (χ1) is 12.8. The summed E-state index contributed by atoms with van der Waals surface area (Å²) >= 11 is 18.2. The Morgan fingerprint density at radius 2 is 1.78 bits per heavy atom. The van der Waals surface area contributed by atoms with Gasteiger partial charge in [0.15, 0.2) is 0 Å². The summed E-state index contributed by atoms with van der Waals surface area (Å²) in [4.78, 5) is 24.5. The van der Waals surface area contributed by atoms with Crippen LogP contribution >= 0.6 is 34.8 Å². The van der Waals surface area contributed by atoms with E-state index in [-0.39, 0.29) is 18.0 Å². The van der Waals surface area contributed by atoms with Crippen LogP contribution in [0.25, 0.3) is 0 Å². The van der Waals surface area contributed by atoms with E-state index in [2.05, 4.69) is 16.0 Å². The van der Waals surface area contributed by atoms with Crippen molar-refractivity contribution in [3.63, 3.8) is 0 Å². The Kier molecular flexibility index (Phi) is 6.15. The van der Waals surface area contributed by atoms with E-state index in [0.29, 0.717) is 26.3 Å². The Morgan fingerprint density at radius 1 is 1.04 bits per heavy atom. The second kappa shape index (κ2) is 8.38. The Labute approximate surface area is 172 Å². The molecule has 0 radical (unpaired) electrons. The van der Waals surface area contributed by atoms with Crippen LogP contribution in [-0.4, -0.2) is 18.0 Å². The number of halogens is 3. The van der Waals surface area contributed by atoms with Crippen LogP contribution < -0.4 is 16.0 Å². The fraction of sp³-hybridized carbons (Fsp3) is 0.263. The third-order valence-corrected chi connectivity index (χ3v) is 5.05. The monoisotopic (exact) mass is 425 g/mol. The van der Waals surface area contributed by atoms with E-state index in [1.165, 1.54) is 0 Å². The Hall–Kier alpha value is -1.95. The number of amides is 3. The molecule has 3 N–H and O–H groups in total. The topological polar surface area (TPSA) is 70.2 Å². The molecule has 2 aromatic rings. The summed E-state index contributed by atoms with van der Waals surface area (Å²) in [5, 5.41) is 9.72. The molecule has 1 atom stereocenters. The quantitative estimate of drug-likeness (QED) is 0.597. The van der Waals surface area contributed by atoms with Crippen molar-refractivity contribution in [3.05, 3.63) is 62.6 Å². The summed E-state index contributed by atoms with van der Waals surface area (Å²) in [6, 6.07) is 9.33. The van der Waals surface area contributed by atoms with E-state index in [1.54, 1.807) is 36.4 Å². The van der Waals surface area contributed by atoms with E-state index < -0.39 is 6.03 Å². The first-order valence-electron chi connectivity index (χ1n) is 8.46.